The van der Waals surface area contributed by atoms with E-state index in [4.69, 9.17) is 0 Å². The van der Waals surface area contributed by atoms with E-state index in [-0.39, 0.29) is 17.9 Å². The molecule has 1 aromatic rings. The van der Waals surface area contributed by atoms with Gasteiger partial charge in [0.2, 0.25) is 5.91 Å². The maximum Gasteiger partial charge on any atom is 0.223 e. The number of rotatable bonds is 3. The van der Waals surface area contributed by atoms with Crippen LogP contribution in [0.5, 0.6) is 0 Å². The van der Waals surface area contributed by atoms with Crippen LogP contribution in [-0.2, 0) is 10.2 Å². The molecule has 1 saturated carbocycles. The molecule has 1 aromatic heterocycles. The van der Waals surface area contributed by atoms with E-state index in [1.54, 1.807) is 4.90 Å². The lowest BCUT2D eigenvalue weighted by Crippen LogP contribution is -2.39. The standard InChI is InChI=1S/C13H20FN5O/c14-10-4-7-19(9-10)11(20)8-13(5-2-1-3-6-13)12-15-17-18-16-12/h10H,1-9H2,(H,15,16,17,18). The zero-order valence-corrected chi connectivity index (χ0v) is 11.5. The molecule has 110 valence electrons. The van der Waals surface area contributed by atoms with E-state index < -0.39 is 6.17 Å². The molecular formula is C13H20FN5O. The number of likely N-dealkylation sites (tertiary alicyclic amines) is 1. The van der Waals surface area contributed by atoms with E-state index in [2.05, 4.69) is 20.6 Å². The molecule has 1 saturated heterocycles. The van der Waals surface area contributed by atoms with Gasteiger partial charge in [-0.05, 0) is 19.3 Å². The first-order valence-electron chi connectivity index (χ1n) is 7.35. The van der Waals surface area contributed by atoms with Crippen LogP contribution in [0.1, 0.15) is 50.8 Å². The minimum atomic E-state index is -0.869. The first-order chi connectivity index (χ1) is 9.70. The van der Waals surface area contributed by atoms with Crippen molar-refractivity contribution in [3.63, 3.8) is 0 Å². The minimum Gasteiger partial charge on any atom is -0.340 e. The summed E-state index contributed by atoms with van der Waals surface area (Å²) in [7, 11) is 0. The number of carbonyl (C=O) groups is 1. The van der Waals surface area contributed by atoms with Gasteiger partial charge >= 0.3 is 0 Å². The Morgan fingerprint density at radius 3 is 2.80 bits per heavy atom. The normalized spacial score (nSPS) is 25.9. The number of aromatic amines is 1. The number of alkyl halides is 1. The van der Waals surface area contributed by atoms with Crippen LogP contribution in [0.3, 0.4) is 0 Å². The van der Waals surface area contributed by atoms with Crippen LogP contribution >= 0.6 is 0 Å². The molecule has 0 radical (unpaired) electrons. The van der Waals surface area contributed by atoms with Gasteiger partial charge in [-0.3, -0.25) is 4.79 Å². The zero-order valence-electron chi connectivity index (χ0n) is 11.5. The number of aromatic nitrogens is 4. The van der Waals surface area contributed by atoms with Crippen molar-refractivity contribution in [2.45, 2.75) is 56.5 Å². The van der Waals surface area contributed by atoms with Gasteiger partial charge in [-0.25, -0.2) is 4.39 Å². The van der Waals surface area contributed by atoms with E-state index >= 15 is 0 Å². The average Bonchev–Trinajstić information content (AvgIpc) is 3.11. The summed E-state index contributed by atoms with van der Waals surface area (Å²) in [6, 6.07) is 0. The van der Waals surface area contributed by atoms with Crippen LogP contribution in [0.15, 0.2) is 0 Å². The summed E-state index contributed by atoms with van der Waals surface area (Å²) < 4.78 is 13.2. The van der Waals surface area contributed by atoms with Gasteiger partial charge in [0.15, 0.2) is 5.82 Å². The molecule has 1 aliphatic carbocycles. The van der Waals surface area contributed by atoms with Gasteiger partial charge in [0.05, 0.1) is 6.54 Å². The molecule has 3 rings (SSSR count). The molecule has 1 unspecified atom stereocenters. The van der Waals surface area contributed by atoms with Gasteiger partial charge in [-0.1, -0.05) is 24.5 Å². The summed E-state index contributed by atoms with van der Waals surface area (Å²) >= 11 is 0. The van der Waals surface area contributed by atoms with Crippen molar-refractivity contribution in [2.24, 2.45) is 0 Å². The highest BCUT2D eigenvalue weighted by molar-refractivity contribution is 5.78. The highest BCUT2D eigenvalue weighted by Gasteiger charge is 2.41. The molecule has 20 heavy (non-hydrogen) atoms. The third kappa shape index (κ3) is 2.53. The van der Waals surface area contributed by atoms with Crippen LogP contribution in [0.4, 0.5) is 4.39 Å². The van der Waals surface area contributed by atoms with Crippen molar-refractivity contribution in [2.75, 3.05) is 13.1 Å². The van der Waals surface area contributed by atoms with Crippen molar-refractivity contribution in [1.82, 2.24) is 25.5 Å². The quantitative estimate of drug-likeness (QED) is 0.907. The van der Waals surface area contributed by atoms with Crippen molar-refractivity contribution < 1.29 is 9.18 Å². The predicted octanol–water partition coefficient (Wildman–Crippen LogP) is 1.36. The Morgan fingerprint density at radius 1 is 1.40 bits per heavy atom. The van der Waals surface area contributed by atoms with E-state index in [1.165, 1.54) is 6.42 Å². The van der Waals surface area contributed by atoms with E-state index in [0.29, 0.717) is 25.2 Å². The number of halogens is 1. The van der Waals surface area contributed by atoms with Crippen molar-refractivity contribution in [3.05, 3.63) is 5.82 Å². The Kier molecular flexibility index (Phi) is 3.67. The van der Waals surface area contributed by atoms with Crippen LogP contribution in [-0.4, -0.2) is 50.7 Å². The lowest BCUT2D eigenvalue weighted by molar-refractivity contribution is -0.132. The van der Waals surface area contributed by atoms with Gasteiger partial charge in [0.25, 0.3) is 0 Å². The van der Waals surface area contributed by atoms with E-state index in [9.17, 15) is 9.18 Å². The predicted molar refractivity (Wildman–Crippen MR) is 69.7 cm³/mol. The van der Waals surface area contributed by atoms with Crippen molar-refractivity contribution in [1.29, 1.82) is 0 Å². The highest BCUT2D eigenvalue weighted by Crippen LogP contribution is 2.40. The fourth-order valence-electron chi connectivity index (χ4n) is 3.44. The monoisotopic (exact) mass is 281 g/mol. The minimum absolute atomic E-state index is 0.0249. The van der Waals surface area contributed by atoms with Crippen molar-refractivity contribution in [3.8, 4) is 0 Å². The van der Waals surface area contributed by atoms with Gasteiger partial charge < -0.3 is 4.90 Å². The summed E-state index contributed by atoms with van der Waals surface area (Å²) in [6.07, 6.45) is 5.12. The van der Waals surface area contributed by atoms with Gasteiger partial charge in [0, 0.05) is 18.4 Å². The Morgan fingerprint density at radius 2 is 2.20 bits per heavy atom. The number of nitrogens with zero attached hydrogens (tertiary/aromatic N) is 4. The first kappa shape index (κ1) is 13.5. The van der Waals surface area contributed by atoms with Crippen molar-refractivity contribution >= 4 is 5.91 Å². The Labute approximate surface area is 117 Å². The summed E-state index contributed by atoms with van der Waals surface area (Å²) in [5.74, 6) is 0.665. The highest BCUT2D eigenvalue weighted by atomic mass is 19.1. The maximum absolute atomic E-state index is 13.2. The number of amides is 1. The number of tetrazole rings is 1. The molecule has 6 nitrogen and oxygen atoms in total. The molecule has 2 aliphatic rings. The molecule has 7 heteroatoms. The Bertz CT molecular complexity index is 457. The van der Waals surface area contributed by atoms with Gasteiger partial charge in [0.1, 0.15) is 6.17 Å². The second-order valence-electron chi connectivity index (χ2n) is 5.98. The molecule has 2 fully saturated rings. The smallest absolute Gasteiger partial charge is 0.223 e. The van der Waals surface area contributed by atoms with Crippen LogP contribution in [0.25, 0.3) is 0 Å². The van der Waals surface area contributed by atoms with Crippen LogP contribution < -0.4 is 0 Å². The summed E-state index contributed by atoms with van der Waals surface area (Å²) in [6.45, 7) is 0.767. The second-order valence-corrected chi connectivity index (χ2v) is 5.98. The maximum atomic E-state index is 13.2. The number of carbonyl (C=O) groups excluding carboxylic acids is 1. The second kappa shape index (κ2) is 5.46. The largest absolute Gasteiger partial charge is 0.340 e. The molecule has 1 amide bonds. The number of hydrogen-bond acceptors (Lipinski definition) is 4. The average molecular weight is 281 g/mol. The Hall–Kier alpha value is -1.53. The molecular weight excluding hydrogens is 261 g/mol. The van der Waals surface area contributed by atoms with Gasteiger partial charge in [-0.15, -0.1) is 10.2 Å². The molecule has 1 atom stereocenters. The summed E-state index contributed by atoms with van der Waals surface area (Å²) in [5.41, 5.74) is -0.309. The molecule has 0 spiro atoms. The third-order valence-electron chi connectivity index (χ3n) is 4.60. The van der Waals surface area contributed by atoms with Crippen LogP contribution in [0.2, 0.25) is 0 Å². The molecule has 2 heterocycles. The fraction of sp³-hybridized carbons (Fsp3) is 0.846. The molecule has 1 N–H and O–H groups in total. The van der Waals surface area contributed by atoms with E-state index in [1.807, 2.05) is 0 Å². The molecule has 0 bridgehead atoms. The number of nitrogens with one attached hydrogen (secondary N) is 1. The number of H-pyrrole nitrogens is 1. The molecule has 0 aromatic carbocycles. The topological polar surface area (TPSA) is 74.8 Å². The Balaban J connectivity index is 1.75. The SMILES string of the molecule is O=C(CC1(c2nn[nH]n2)CCCCC1)N1CCC(F)C1. The number of hydrogen-bond donors (Lipinski definition) is 1. The lowest BCUT2D eigenvalue weighted by Gasteiger charge is -2.35. The summed E-state index contributed by atoms with van der Waals surface area (Å²) in [4.78, 5) is 14.1. The zero-order chi connectivity index (χ0) is 14.0. The van der Waals surface area contributed by atoms with Crippen LogP contribution in [0, 0.1) is 0 Å². The summed E-state index contributed by atoms with van der Waals surface area (Å²) in [5, 5.41) is 14.4. The fourth-order valence-corrected chi connectivity index (χ4v) is 3.44. The first-order valence-corrected chi connectivity index (χ1v) is 7.35. The van der Waals surface area contributed by atoms with Gasteiger partial charge in [-0.2, -0.15) is 5.21 Å². The van der Waals surface area contributed by atoms with E-state index in [0.717, 1.165) is 25.7 Å². The lowest BCUT2D eigenvalue weighted by atomic mass is 9.71. The third-order valence-corrected chi connectivity index (χ3v) is 4.60. The molecule has 1 aliphatic heterocycles.